The summed E-state index contributed by atoms with van der Waals surface area (Å²) in [6.07, 6.45) is 6.46. The molecule has 0 bridgehead atoms. The lowest BCUT2D eigenvalue weighted by Crippen LogP contribution is -2.14. The molecule has 0 aromatic rings. The summed E-state index contributed by atoms with van der Waals surface area (Å²) in [5, 5.41) is 0.266. The number of halogens is 1. The van der Waals surface area contributed by atoms with E-state index in [-0.39, 0.29) is 11.1 Å². The Morgan fingerprint density at radius 3 is 2.60 bits per heavy atom. The summed E-state index contributed by atoms with van der Waals surface area (Å²) in [4.78, 5) is 0. The van der Waals surface area contributed by atoms with E-state index in [1.807, 2.05) is 0 Å². The summed E-state index contributed by atoms with van der Waals surface area (Å²) < 4.78 is 22.8. The smallest absolute Gasteiger partial charge is 0.150 e. The van der Waals surface area contributed by atoms with Crippen molar-refractivity contribution in [3.63, 3.8) is 0 Å². The van der Waals surface area contributed by atoms with Gasteiger partial charge in [-0.2, -0.15) is 0 Å². The first-order valence-electron chi connectivity index (χ1n) is 5.88. The van der Waals surface area contributed by atoms with Crippen LogP contribution in [0.3, 0.4) is 0 Å². The SMILES string of the molecule is CCS(=O)(=O)CCC1CCCCC(Cl)C1. The van der Waals surface area contributed by atoms with E-state index in [2.05, 4.69) is 0 Å². The monoisotopic (exact) mass is 252 g/mol. The van der Waals surface area contributed by atoms with E-state index >= 15 is 0 Å². The number of hydrogen-bond donors (Lipinski definition) is 0. The Bertz CT molecular complexity index is 274. The van der Waals surface area contributed by atoms with Crippen LogP contribution < -0.4 is 0 Å². The molecular weight excluding hydrogens is 232 g/mol. The number of hydrogen-bond acceptors (Lipinski definition) is 2. The van der Waals surface area contributed by atoms with E-state index in [0.29, 0.717) is 11.7 Å². The van der Waals surface area contributed by atoms with Crippen molar-refractivity contribution in [1.29, 1.82) is 0 Å². The minimum absolute atomic E-state index is 0.266. The maximum Gasteiger partial charge on any atom is 0.150 e. The van der Waals surface area contributed by atoms with Crippen LogP contribution in [0.1, 0.15) is 45.4 Å². The van der Waals surface area contributed by atoms with Crippen molar-refractivity contribution in [2.75, 3.05) is 11.5 Å². The summed E-state index contributed by atoms with van der Waals surface area (Å²) in [5.74, 6) is 1.14. The first-order chi connectivity index (χ1) is 7.03. The van der Waals surface area contributed by atoms with Crippen LogP contribution in [0.2, 0.25) is 0 Å². The maximum absolute atomic E-state index is 11.4. The number of alkyl halides is 1. The highest BCUT2D eigenvalue weighted by molar-refractivity contribution is 7.91. The van der Waals surface area contributed by atoms with E-state index in [0.717, 1.165) is 25.7 Å². The highest BCUT2D eigenvalue weighted by Crippen LogP contribution is 2.29. The lowest BCUT2D eigenvalue weighted by Gasteiger charge is -2.15. The van der Waals surface area contributed by atoms with Crippen molar-refractivity contribution in [3.05, 3.63) is 0 Å². The minimum Gasteiger partial charge on any atom is -0.229 e. The van der Waals surface area contributed by atoms with Gasteiger partial charge in [0.05, 0.1) is 5.75 Å². The minimum atomic E-state index is -2.79. The third-order valence-electron chi connectivity index (χ3n) is 3.25. The number of sulfone groups is 1. The van der Waals surface area contributed by atoms with Gasteiger partial charge in [0, 0.05) is 11.1 Å². The summed E-state index contributed by atoms with van der Waals surface area (Å²) in [6, 6.07) is 0. The second-order valence-electron chi connectivity index (χ2n) is 4.51. The van der Waals surface area contributed by atoms with Crippen molar-refractivity contribution >= 4 is 21.4 Å². The molecule has 0 saturated heterocycles. The summed E-state index contributed by atoms with van der Waals surface area (Å²) in [7, 11) is -2.79. The van der Waals surface area contributed by atoms with Gasteiger partial charge in [0.1, 0.15) is 9.84 Å². The van der Waals surface area contributed by atoms with E-state index in [1.165, 1.54) is 12.8 Å². The predicted molar refractivity (Wildman–Crippen MR) is 65.2 cm³/mol. The molecule has 0 amide bonds. The molecule has 1 aliphatic rings. The quantitative estimate of drug-likeness (QED) is 0.569. The van der Waals surface area contributed by atoms with Gasteiger partial charge in [0.15, 0.2) is 0 Å². The van der Waals surface area contributed by atoms with Gasteiger partial charge in [-0.3, -0.25) is 0 Å². The van der Waals surface area contributed by atoms with Gasteiger partial charge in [-0.25, -0.2) is 8.42 Å². The Labute approximate surface area is 98.3 Å². The van der Waals surface area contributed by atoms with Gasteiger partial charge in [-0.1, -0.05) is 26.2 Å². The molecule has 1 rings (SSSR count). The van der Waals surface area contributed by atoms with Crippen molar-refractivity contribution in [2.45, 2.75) is 50.8 Å². The Hall–Kier alpha value is 0.240. The van der Waals surface area contributed by atoms with E-state index in [9.17, 15) is 8.42 Å². The average molecular weight is 253 g/mol. The molecule has 0 spiro atoms. The Morgan fingerprint density at radius 2 is 1.93 bits per heavy atom. The largest absolute Gasteiger partial charge is 0.229 e. The molecule has 0 N–H and O–H groups in total. The second-order valence-corrected chi connectivity index (χ2v) is 7.60. The van der Waals surface area contributed by atoms with Gasteiger partial charge >= 0.3 is 0 Å². The second kappa shape index (κ2) is 6.09. The number of rotatable bonds is 4. The molecule has 0 radical (unpaired) electrons. The molecule has 1 fully saturated rings. The van der Waals surface area contributed by atoms with Gasteiger partial charge in [0.25, 0.3) is 0 Å². The van der Waals surface area contributed by atoms with Crippen LogP contribution >= 0.6 is 11.6 Å². The zero-order valence-corrected chi connectivity index (χ0v) is 11.0. The molecule has 90 valence electrons. The van der Waals surface area contributed by atoms with E-state index in [4.69, 9.17) is 11.6 Å². The van der Waals surface area contributed by atoms with Crippen molar-refractivity contribution < 1.29 is 8.42 Å². The molecule has 15 heavy (non-hydrogen) atoms. The molecule has 2 atom stereocenters. The molecule has 2 unspecified atom stereocenters. The standard InChI is InChI=1S/C11H21ClO2S/c1-2-15(13,14)8-7-10-5-3-4-6-11(12)9-10/h10-11H,2-9H2,1H3. The fraction of sp³-hybridized carbons (Fsp3) is 1.00. The van der Waals surface area contributed by atoms with Crippen molar-refractivity contribution in [1.82, 2.24) is 0 Å². The molecule has 1 saturated carbocycles. The van der Waals surface area contributed by atoms with Gasteiger partial charge < -0.3 is 0 Å². The molecule has 0 aromatic heterocycles. The van der Waals surface area contributed by atoms with Crippen LogP contribution in [-0.2, 0) is 9.84 Å². The third kappa shape index (κ3) is 5.21. The maximum atomic E-state index is 11.4. The molecule has 2 nitrogen and oxygen atoms in total. The Balaban J connectivity index is 2.37. The Morgan fingerprint density at radius 1 is 1.27 bits per heavy atom. The first-order valence-corrected chi connectivity index (χ1v) is 8.14. The van der Waals surface area contributed by atoms with Crippen LogP contribution in [0, 0.1) is 5.92 Å². The third-order valence-corrected chi connectivity index (χ3v) is 5.38. The van der Waals surface area contributed by atoms with Gasteiger partial charge in [0.2, 0.25) is 0 Å². The molecule has 4 heteroatoms. The van der Waals surface area contributed by atoms with Gasteiger partial charge in [-0.05, 0) is 25.2 Å². The lowest BCUT2D eigenvalue weighted by molar-refractivity contribution is 0.447. The lowest BCUT2D eigenvalue weighted by atomic mass is 9.98. The summed E-state index contributed by atoms with van der Waals surface area (Å²) in [6.45, 7) is 1.72. The summed E-state index contributed by atoms with van der Waals surface area (Å²) >= 11 is 6.15. The first kappa shape index (κ1) is 13.3. The van der Waals surface area contributed by atoms with Crippen LogP contribution in [0.5, 0.6) is 0 Å². The molecule has 0 aliphatic heterocycles. The molecule has 1 aliphatic carbocycles. The fourth-order valence-corrected chi connectivity index (χ4v) is 3.54. The van der Waals surface area contributed by atoms with Crippen LogP contribution in [-0.4, -0.2) is 25.3 Å². The van der Waals surface area contributed by atoms with Crippen LogP contribution in [0.4, 0.5) is 0 Å². The highest BCUT2D eigenvalue weighted by atomic mass is 35.5. The predicted octanol–water partition coefficient (Wildman–Crippen LogP) is 3.00. The molecular formula is C11H21ClO2S. The molecule has 0 heterocycles. The highest BCUT2D eigenvalue weighted by Gasteiger charge is 2.20. The summed E-state index contributed by atoms with van der Waals surface area (Å²) in [5.41, 5.74) is 0. The van der Waals surface area contributed by atoms with E-state index < -0.39 is 9.84 Å². The Kier molecular flexibility index (Phi) is 5.41. The van der Waals surface area contributed by atoms with E-state index in [1.54, 1.807) is 6.92 Å². The van der Waals surface area contributed by atoms with Crippen molar-refractivity contribution in [3.8, 4) is 0 Å². The fourth-order valence-electron chi connectivity index (χ4n) is 2.15. The zero-order chi connectivity index (χ0) is 11.3. The topological polar surface area (TPSA) is 34.1 Å². The van der Waals surface area contributed by atoms with Crippen LogP contribution in [0.25, 0.3) is 0 Å². The zero-order valence-electron chi connectivity index (χ0n) is 9.41. The van der Waals surface area contributed by atoms with Crippen LogP contribution in [0.15, 0.2) is 0 Å². The molecule has 0 aromatic carbocycles. The average Bonchev–Trinajstić information content (AvgIpc) is 2.40. The normalized spacial score (nSPS) is 28.7. The van der Waals surface area contributed by atoms with Gasteiger partial charge in [-0.15, -0.1) is 11.6 Å². The van der Waals surface area contributed by atoms with Crippen molar-refractivity contribution in [2.24, 2.45) is 5.92 Å².